The van der Waals surface area contributed by atoms with E-state index in [-0.39, 0.29) is 24.0 Å². The van der Waals surface area contributed by atoms with Crippen molar-refractivity contribution in [3.8, 4) is 0 Å². The van der Waals surface area contributed by atoms with E-state index < -0.39 is 23.7 Å². The number of ketones is 1. The van der Waals surface area contributed by atoms with Crippen molar-refractivity contribution in [2.24, 2.45) is 0 Å². The number of halogens is 1. The van der Waals surface area contributed by atoms with Gasteiger partial charge in [0.05, 0.1) is 30.4 Å². The van der Waals surface area contributed by atoms with E-state index in [4.69, 9.17) is 21.1 Å². The van der Waals surface area contributed by atoms with Crippen LogP contribution in [0.25, 0.3) is 5.76 Å². The van der Waals surface area contributed by atoms with Gasteiger partial charge in [0.2, 0.25) is 0 Å². The molecule has 166 valence electrons. The summed E-state index contributed by atoms with van der Waals surface area (Å²) in [4.78, 5) is 39.3. The number of aliphatic hydroxyl groups is 1. The van der Waals surface area contributed by atoms with Gasteiger partial charge in [-0.25, -0.2) is 4.79 Å². The average molecular weight is 456 g/mol. The molecule has 2 aliphatic rings. The van der Waals surface area contributed by atoms with E-state index in [0.717, 1.165) is 12.8 Å². The number of carbonyl (C=O) groups excluding carboxylic acids is 3. The van der Waals surface area contributed by atoms with E-state index in [2.05, 4.69) is 0 Å². The summed E-state index contributed by atoms with van der Waals surface area (Å²) in [7, 11) is 1.29. The Morgan fingerprint density at radius 2 is 1.78 bits per heavy atom. The molecule has 2 aliphatic heterocycles. The van der Waals surface area contributed by atoms with Crippen LogP contribution in [-0.2, 0) is 19.1 Å². The molecule has 0 saturated carbocycles. The minimum absolute atomic E-state index is 0.0128. The lowest BCUT2D eigenvalue weighted by molar-refractivity contribution is -0.140. The first kappa shape index (κ1) is 22.0. The third-order valence-electron chi connectivity index (χ3n) is 5.73. The van der Waals surface area contributed by atoms with Crippen molar-refractivity contribution in [2.75, 3.05) is 20.3 Å². The molecular weight excluding hydrogens is 434 g/mol. The number of hydrogen-bond acceptors (Lipinski definition) is 6. The topological polar surface area (TPSA) is 93.1 Å². The van der Waals surface area contributed by atoms with Gasteiger partial charge in [-0.1, -0.05) is 23.7 Å². The van der Waals surface area contributed by atoms with Gasteiger partial charge in [0.1, 0.15) is 5.76 Å². The molecule has 0 aromatic heterocycles. The number of likely N-dealkylation sites (tertiary alicyclic amines) is 1. The number of rotatable bonds is 5. The maximum atomic E-state index is 13.0. The number of methoxy groups -OCH3 is 1. The van der Waals surface area contributed by atoms with E-state index in [9.17, 15) is 19.5 Å². The second kappa shape index (κ2) is 9.14. The van der Waals surface area contributed by atoms with Crippen LogP contribution in [0.3, 0.4) is 0 Å². The molecule has 2 aromatic rings. The summed E-state index contributed by atoms with van der Waals surface area (Å²) < 4.78 is 10.4. The number of ether oxygens (including phenoxy) is 2. The van der Waals surface area contributed by atoms with Crippen LogP contribution in [0.15, 0.2) is 54.1 Å². The van der Waals surface area contributed by atoms with E-state index in [1.165, 1.54) is 12.0 Å². The smallest absolute Gasteiger partial charge is 0.337 e. The van der Waals surface area contributed by atoms with Crippen molar-refractivity contribution < 1.29 is 29.0 Å². The van der Waals surface area contributed by atoms with Gasteiger partial charge in [-0.2, -0.15) is 0 Å². The van der Waals surface area contributed by atoms with Gasteiger partial charge in [-0.05, 0) is 54.8 Å². The van der Waals surface area contributed by atoms with E-state index in [0.29, 0.717) is 28.3 Å². The predicted octanol–water partition coefficient (Wildman–Crippen LogP) is 3.73. The molecular formula is C24H22ClNO6. The highest BCUT2D eigenvalue weighted by Gasteiger charge is 2.47. The minimum Gasteiger partial charge on any atom is -0.507 e. The second-order valence-corrected chi connectivity index (χ2v) is 8.14. The number of carbonyl (C=O) groups is 3. The largest absolute Gasteiger partial charge is 0.507 e. The predicted molar refractivity (Wildman–Crippen MR) is 117 cm³/mol. The summed E-state index contributed by atoms with van der Waals surface area (Å²) in [6.45, 7) is 0.837. The molecule has 2 saturated heterocycles. The first-order valence-electron chi connectivity index (χ1n) is 10.2. The van der Waals surface area contributed by atoms with Gasteiger partial charge < -0.3 is 19.5 Å². The van der Waals surface area contributed by atoms with Crippen molar-refractivity contribution in [1.82, 2.24) is 4.90 Å². The van der Waals surface area contributed by atoms with Crippen LogP contribution >= 0.6 is 11.6 Å². The van der Waals surface area contributed by atoms with Crippen molar-refractivity contribution in [2.45, 2.75) is 25.0 Å². The highest BCUT2D eigenvalue weighted by Crippen LogP contribution is 2.40. The normalized spacial score (nSPS) is 22.4. The standard InChI is InChI=1S/C24H22ClNO6/c1-31-24(30)16-6-4-14(5-7-16)20-19(21(27)15-8-10-17(25)11-9-15)22(28)23(29)26(20)13-18-3-2-12-32-18/h4-11,18,20,27H,2-3,12-13H2,1H3/b21-19+/t18-,20-/m1/s1. The van der Waals surface area contributed by atoms with Gasteiger partial charge >= 0.3 is 5.97 Å². The summed E-state index contributed by atoms with van der Waals surface area (Å²) in [5.41, 5.74) is 1.29. The number of hydrogen-bond donors (Lipinski definition) is 1. The fraction of sp³-hybridized carbons (Fsp3) is 0.292. The van der Waals surface area contributed by atoms with Crippen LogP contribution < -0.4 is 0 Å². The Labute approximate surface area is 190 Å². The Bertz CT molecular complexity index is 1070. The first-order valence-corrected chi connectivity index (χ1v) is 10.6. The Balaban J connectivity index is 1.80. The third kappa shape index (κ3) is 4.13. The van der Waals surface area contributed by atoms with Gasteiger partial charge in [0.25, 0.3) is 11.7 Å². The van der Waals surface area contributed by atoms with Crippen molar-refractivity contribution >= 4 is 35.0 Å². The van der Waals surface area contributed by atoms with Crippen LogP contribution in [0.1, 0.15) is 40.4 Å². The molecule has 0 spiro atoms. The second-order valence-electron chi connectivity index (χ2n) is 7.71. The lowest BCUT2D eigenvalue weighted by Crippen LogP contribution is -2.36. The monoisotopic (exact) mass is 455 g/mol. The molecule has 2 atom stereocenters. The highest BCUT2D eigenvalue weighted by atomic mass is 35.5. The zero-order chi connectivity index (χ0) is 22.8. The number of esters is 1. The van der Waals surface area contributed by atoms with Crippen LogP contribution in [0, 0.1) is 0 Å². The van der Waals surface area contributed by atoms with Crippen LogP contribution in [0.2, 0.25) is 5.02 Å². The molecule has 2 heterocycles. The maximum absolute atomic E-state index is 13.0. The van der Waals surface area contributed by atoms with Gasteiger partial charge in [-0.15, -0.1) is 0 Å². The lowest BCUT2D eigenvalue weighted by atomic mass is 9.94. The van der Waals surface area contributed by atoms with E-state index in [1.807, 2.05) is 0 Å². The van der Waals surface area contributed by atoms with Crippen molar-refractivity contribution in [3.05, 3.63) is 75.8 Å². The molecule has 32 heavy (non-hydrogen) atoms. The van der Waals surface area contributed by atoms with E-state index in [1.54, 1.807) is 48.5 Å². The summed E-state index contributed by atoms with van der Waals surface area (Å²) in [5, 5.41) is 11.5. The Morgan fingerprint density at radius 1 is 1.12 bits per heavy atom. The number of nitrogens with zero attached hydrogens (tertiary/aromatic N) is 1. The first-order chi connectivity index (χ1) is 15.4. The van der Waals surface area contributed by atoms with Crippen molar-refractivity contribution in [1.29, 1.82) is 0 Å². The fourth-order valence-electron chi connectivity index (χ4n) is 4.11. The minimum atomic E-state index is -0.818. The SMILES string of the molecule is COC(=O)c1ccc([C@@H]2/C(=C(\O)c3ccc(Cl)cc3)C(=O)C(=O)N2C[C@H]2CCCO2)cc1. The van der Waals surface area contributed by atoms with Gasteiger partial charge in [0, 0.05) is 23.7 Å². The average Bonchev–Trinajstić information content (AvgIpc) is 3.41. The molecule has 1 amide bonds. The van der Waals surface area contributed by atoms with E-state index >= 15 is 0 Å². The molecule has 1 N–H and O–H groups in total. The van der Waals surface area contributed by atoms with Gasteiger partial charge in [0.15, 0.2) is 0 Å². The Morgan fingerprint density at radius 3 is 2.38 bits per heavy atom. The lowest BCUT2D eigenvalue weighted by Gasteiger charge is -2.27. The number of aliphatic hydroxyl groups excluding tert-OH is 1. The van der Waals surface area contributed by atoms with Crippen LogP contribution in [0.4, 0.5) is 0 Å². The quantitative estimate of drug-likeness (QED) is 0.319. The highest BCUT2D eigenvalue weighted by molar-refractivity contribution is 6.46. The number of amides is 1. The summed E-state index contributed by atoms with van der Waals surface area (Å²) >= 11 is 5.94. The van der Waals surface area contributed by atoms with Crippen molar-refractivity contribution in [3.63, 3.8) is 0 Å². The third-order valence-corrected chi connectivity index (χ3v) is 5.98. The summed E-state index contributed by atoms with van der Waals surface area (Å²) in [6, 6.07) is 12.0. The Kier molecular flexibility index (Phi) is 6.30. The molecule has 2 aromatic carbocycles. The molecule has 0 radical (unpaired) electrons. The number of Topliss-reactive ketones (excluding diaryl/α,β-unsaturated/α-hetero) is 1. The summed E-state index contributed by atoms with van der Waals surface area (Å²) in [6.07, 6.45) is 1.49. The molecule has 0 unspecified atom stereocenters. The molecule has 8 heteroatoms. The fourth-order valence-corrected chi connectivity index (χ4v) is 4.23. The molecule has 0 bridgehead atoms. The molecule has 0 aliphatic carbocycles. The zero-order valence-electron chi connectivity index (χ0n) is 17.4. The number of benzene rings is 2. The molecule has 4 rings (SSSR count). The summed E-state index contributed by atoms with van der Waals surface area (Å²) in [5.74, 6) is -2.24. The van der Waals surface area contributed by atoms with Gasteiger partial charge in [-0.3, -0.25) is 9.59 Å². The molecule has 2 fully saturated rings. The maximum Gasteiger partial charge on any atom is 0.337 e. The molecule has 7 nitrogen and oxygen atoms in total. The zero-order valence-corrected chi connectivity index (χ0v) is 18.2. The van der Waals surface area contributed by atoms with Crippen LogP contribution in [0.5, 0.6) is 0 Å². The Hall–Kier alpha value is -3.16. The van der Waals surface area contributed by atoms with Crippen LogP contribution in [-0.4, -0.2) is 54.0 Å².